The van der Waals surface area contributed by atoms with Crippen molar-refractivity contribution in [3.8, 4) is 5.69 Å². The highest BCUT2D eigenvalue weighted by atomic mass is 79.9. The van der Waals surface area contributed by atoms with E-state index in [1.165, 1.54) is 6.20 Å². The lowest BCUT2D eigenvalue weighted by Crippen LogP contribution is -2.42. The quantitative estimate of drug-likeness (QED) is 0.674. The summed E-state index contributed by atoms with van der Waals surface area (Å²) in [6.07, 6.45) is 4.73. The normalized spacial score (nSPS) is 10.4. The number of rotatable bonds is 3. The van der Waals surface area contributed by atoms with E-state index in [1.54, 1.807) is 34.8 Å². The van der Waals surface area contributed by atoms with Gasteiger partial charge in [0.2, 0.25) is 0 Å². The number of hydrogen-bond donors (Lipinski definition) is 2. The zero-order valence-corrected chi connectivity index (χ0v) is 14.3. The molecule has 3 rings (SSSR count). The zero-order chi connectivity index (χ0) is 17.1. The highest BCUT2D eigenvalue weighted by Crippen LogP contribution is 2.13. The fourth-order valence-electron chi connectivity index (χ4n) is 2.25. The molecule has 0 saturated heterocycles. The average Bonchev–Trinajstić information content (AvgIpc) is 3.19. The lowest BCUT2D eigenvalue weighted by Gasteiger charge is -2.10. The first-order valence-electron chi connectivity index (χ1n) is 7.06. The third-order valence-electron chi connectivity index (χ3n) is 3.40. The number of hydrogen-bond acceptors (Lipinski definition) is 3. The fourth-order valence-corrected chi connectivity index (χ4v) is 2.77. The molecular formula is C16H14BrN5O2. The Morgan fingerprint density at radius 3 is 2.38 bits per heavy atom. The molecule has 122 valence electrons. The van der Waals surface area contributed by atoms with Crippen LogP contribution in [0.2, 0.25) is 0 Å². The van der Waals surface area contributed by atoms with Gasteiger partial charge < -0.3 is 4.57 Å². The molecule has 0 atom stereocenters. The maximum Gasteiger partial charge on any atom is 0.288 e. The lowest BCUT2D eigenvalue weighted by molar-refractivity contribution is 0.0838. The van der Waals surface area contributed by atoms with E-state index in [0.717, 1.165) is 10.2 Å². The summed E-state index contributed by atoms with van der Waals surface area (Å²) in [4.78, 5) is 28.4. The molecule has 0 aliphatic carbocycles. The van der Waals surface area contributed by atoms with Gasteiger partial charge in [-0.25, -0.2) is 4.98 Å². The Hall–Kier alpha value is -2.87. The predicted octanol–water partition coefficient (Wildman–Crippen LogP) is 2.05. The number of hydrazine groups is 1. The minimum Gasteiger partial charge on any atom is -0.345 e. The van der Waals surface area contributed by atoms with Crippen molar-refractivity contribution in [2.45, 2.75) is 0 Å². The third-order valence-corrected chi connectivity index (χ3v) is 3.83. The molecule has 2 heterocycles. The molecule has 0 fully saturated rings. The van der Waals surface area contributed by atoms with Crippen LogP contribution < -0.4 is 10.9 Å². The zero-order valence-electron chi connectivity index (χ0n) is 12.7. The summed E-state index contributed by atoms with van der Waals surface area (Å²) in [6, 6.07) is 11.0. The monoisotopic (exact) mass is 387 g/mol. The van der Waals surface area contributed by atoms with Crippen LogP contribution >= 0.6 is 15.9 Å². The van der Waals surface area contributed by atoms with E-state index in [2.05, 4.69) is 31.8 Å². The van der Waals surface area contributed by atoms with E-state index >= 15 is 0 Å². The average molecular weight is 388 g/mol. The first-order chi connectivity index (χ1) is 11.6. The van der Waals surface area contributed by atoms with Crippen molar-refractivity contribution >= 4 is 27.7 Å². The topological polar surface area (TPSA) is 81.0 Å². The number of carbonyl (C=O) groups excluding carboxylic acids is 2. The Kier molecular flexibility index (Phi) is 4.48. The van der Waals surface area contributed by atoms with Crippen LogP contribution in [0.4, 0.5) is 0 Å². The van der Waals surface area contributed by atoms with Gasteiger partial charge in [-0.05, 0) is 34.1 Å². The molecule has 0 aliphatic heterocycles. The van der Waals surface area contributed by atoms with E-state index in [4.69, 9.17) is 0 Å². The van der Waals surface area contributed by atoms with Crippen LogP contribution in [0.3, 0.4) is 0 Å². The lowest BCUT2D eigenvalue weighted by atomic mass is 10.3. The van der Waals surface area contributed by atoms with Crippen molar-refractivity contribution in [3.63, 3.8) is 0 Å². The number of aryl methyl sites for hydroxylation is 1. The summed E-state index contributed by atoms with van der Waals surface area (Å²) in [5.74, 6) is -0.875. The molecule has 7 nitrogen and oxygen atoms in total. The molecule has 2 amide bonds. The largest absolute Gasteiger partial charge is 0.345 e. The van der Waals surface area contributed by atoms with Crippen LogP contribution in [-0.4, -0.2) is 25.9 Å². The summed E-state index contributed by atoms with van der Waals surface area (Å²) < 4.78 is 4.07. The maximum atomic E-state index is 12.3. The van der Waals surface area contributed by atoms with Gasteiger partial charge in [-0.1, -0.05) is 18.2 Å². The maximum absolute atomic E-state index is 12.3. The number of carbonyl (C=O) groups is 2. The van der Waals surface area contributed by atoms with Gasteiger partial charge in [-0.3, -0.25) is 25.0 Å². The molecule has 0 aliphatic rings. The Bertz CT molecular complexity index is 885. The third kappa shape index (κ3) is 3.23. The van der Waals surface area contributed by atoms with E-state index in [-0.39, 0.29) is 0 Å². The molecule has 1 aromatic carbocycles. The Morgan fingerprint density at radius 2 is 1.75 bits per heavy atom. The number of nitrogens with one attached hydrogen (secondary N) is 2. The van der Waals surface area contributed by atoms with Gasteiger partial charge in [-0.15, -0.1) is 0 Å². The Balaban J connectivity index is 1.72. The fraction of sp³-hybridized carbons (Fsp3) is 0.0625. The minimum absolute atomic E-state index is 0.314. The molecule has 3 aromatic rings. The number of imidazole rings is 1. The van der Waals surface area contributed by atoms with E-state index in [9.17, 15) is 9.59 Å². The number of para-hydroxylation sites is 1. The van der Waals surface area contributed by atoms with E-state index in [0.29, 0.717) is 11.4 Å². The standard InChI is InChI=1S/C16H14BrN5O2/c1-21-9-11(17)7-13(21)15(23)19-20-16(24)14-8-18-10-22(14)12-5-3-2-4-6-12/h2-10H,1H3,(H,19,23)(H,20,24). The SMILES string of the molecule is Cn1cc(Br)cc1C(=O)NNC(=O)c1cncn1-c1ccccc1. The first kappa shape index (κ1) is 16.0. The summed E-state index contributed by atoms with van der Waals surface area (Å²) in [5.41, 5.74) is 6.33. The number of amides is 2. The molecule has 0 radical (unpaired) electrons. The van der Waals surface area contributed by atoms with Gasteiger partial charge in [0.1, 0.15) is 11.4 Å². The van der Waals surface area contributed by atoms with Crippen molar-refractivity contribution < 1.29 is 9.59 Å². The van der Waals surface area contributed by atoms with Crippen LogP contribution in [0, 0.1) is 0 Å². The van der Waals surface area contributed by atoms with Crippen molar-refractivity contribution in [2.75, 3.05) is 0 Å². The second kappa shape index (κ2) is 6.71. The van der Waals surface area contributed by atoms with Gasteiger partial charge in [0, 0.05) is 23.4 Å². The molecule has 0 saturated carbocycles. The van der Waals surface area contributed by atoms with Crippen molar-refractivity contribution in [2.24, 2.45) is 7.05 Å². The highest BCUT2D eigenvalue weighted by molar-refractivity contribution is 9.10. The summed E-state index contributed by atoms with van der Waals surface area (Å²) in [6.45, 7) is 0. The molecule has 2 aromatic heterocycles. The van der Waals surface area contributed by atoms with Crippen molar-refractivity contribution in [1.82, 2.24) is 25.0 Å². The van der Waals surface area contributed by atoms with E-state index < -0.39 is 11.8 Å². The van der Waals surface area contributed by atoms with Crippen LogP contribution in [0.15, 0.2) is 59.6 Å². The molecular weight excluding hydrogens is 374 g/mol. The molecule has 24 heavy (non-hydrogen) atoms. The Morgan fingerprint density at radius 1 is 1.08 bits per heavy atom. The second-order valence-corrected chi connectivity index (χ2v) is 5.96. The van der Waals surface area contributed by atoms with Gasteiger partial charge >= 0.3 is 0 Å². The van der Waals surface area contributed by atoms with Crippen LogP contribution in [-0.2, 0) is 7.05 Å². The number of aromatic nitrogens is 3. The summed E-state index contributed by atoms with van der Waals surface area (Å²) in [7, 11) is 1.74. The molecule has 0 spiro atoms. The Labute approximate surface area is 146 Å². The molecule has 0 bridgehead atoms. The number of halogens is 1. The van der Waals surface area contributed by atoms with Crippen molar-refractivity contribution in [3.05, 3.63) is 71.0 Å². The van der Waals surface area contributed by atoms with Gasteiger partial charge in [0.05, 0.1) is 12.5 Å². The predicted molar refractivity (Wildman–Crippen MR) is 91.6 cm³/mol. The van der Waals surface area contributed by atoms with Crippen LogP contribution in [0.1, 0.15) is 21.0 Å². The van der Waals surface area contributed by atoms with Gasteiger partial charge in [0.25, 0.3) is 11.8 Å². The number of benzene rings is 1. The van der Waals surface area contributed by atoms with Crippen LogP contribution in [0.5, 0.6) is 0 Å². The van der Waals surface area contributed by atoms with Crippen LogP contribution in [0.25, 0.3) is 5.69 Å². The van der Waals surface area contributed by atoms with Gasteiger partial charge in [0.15, 0.2) is 0 Å². The molecule has 2 N–H and O–H groups in total. The van der Waals surface area contributed by atoms with E-state index in [1.807, 2.05) is 30.3 Å². The minimum atomic E-state index is -0.460. The molecule has 0 unspecified atom stereocenters. The molecule has 8 heteroatoms. The number of nitrogens with zero attached hydrogens (tertiary/aromatic N) is 3. The highest BCUT2D eigenvalue weighted by Gasteiger charge is 2.16. The smallest absolute Gasteiger partial charge is 0.288 e. The van der Waals surface area contributed by atoms with Gasteiger partial charge in [-0.2, -0.15) is 0 Å². The summed E-state index contributed by atoms with van der Waals surface area (Å²) in [5, 5.41) is 0. The first-order valence-corrected chi connectivity index (χ1v) is 7.86. The summed E-state index contributed by atoms with van der Waals surface area (Å²) >= 11 is 3.30. The van der Waals surface area contributed by atoms with Crippen molar-refractivity contribution in [1.29, 1.82) is 0 Å². The second-order valence-electron chi connectivity index (χ2n) is 5.05.